The minimum Gasteiger partial charge on any atom is -0.338 e. The van der Waals surface area contributed by atoms with Crippen LogP contribution in [0.5, 0.6) is 0 Å². The number of aromatic nitrogens is 4. The molecule has 0 aliphatic rings. The summed E-state index contributed by atoms with van der Waals surface area (Å²) in [7, 11) is 1.78. The van der Waals surface area contributed by atoms with Gasteiger partial charge in [0.2, 0.25) is 0 Å². The molecule has 0 atom stereocenters. The molecule has 1 amide bonds. The van der Waals surface area contributed by atoms with Crippen LogP contribution in [-0.2, 0) is 7.05 Å². The predicted molar refractivity (Wildman–Crippen MR) is 92.7 cm³/mol. The molecule has 0 spiro atoms. The van der Waals surface area contributed by atoms with Gasteiger partial charge in [-0.25, -0.2) is 4.98 Å². The number of hydrogen-bond acceptors (Lipinski definition) is 3. The van der Waals surface area contributed by atoms with Gasteiger partial charge in [0, 0.05) is 24.5 Å². The Labute approximate surface area is 138 Å². The third-order valence-corrected chi connectivity index (χ3v) is 3.77. The molecule has 24 heavy (non-hydrogen) atoms. The standard InChI is InChI=1S/C18H15N5O/c1-23-11-13(10-19-23)18(24)20-14-8-6-12(7-9-14)17-21-15-4-2-3-5-16(15)22-17/h2-11H,1H3,(H,20,24)(H,21,22). The van der Waals surface area contributed by atoms with Gasteiger partial charge in [-0.05, 0) is 36.4 Å². The van der Waals surface area contributed by atoms with Crippen molar-refractivity contribution in [3.8, 4) is 11.4 Å². The zero-order valence-corrected chi connectivity index (χ0v) is 13.0. The van der Waals surface area contributed by atoms with Gasteiger partial charge in [0.15, 0.2) is 0 Å². The Kier molecular flexibility index (Phi) is 3.35. The molecule has 6 heteroatoms. The van der Waals surface area contributed by atoms with Crippen molar-refractivity contribution in [1.29, 1.82) is 0 Å². The first-order valence-electron chi connectivity index (χ1n) is 7.54. The van der Waals surface area contributed by atoms with Crippen LogP contribution in [0.4, 0.5) is 5.69 Å². The molecule has 2 aromatic carbocycles. The lowest BCUT2D eigenvalue weighted by Gasteiger charge is -2.04. The highest BCUT2D eigenvalue weighted by Crippen LogP contribution is 2.22. The molecule has 0 saturated heterocycles. The van der Waals surface area contributed by atoms with Crippen LogP contribution in [0, 0.1) is 0 Å². The van der Waals surface area contributed by atoms with E-state index in [1.54, 1.807) is 17.9 Å². The lowest BCUT2D eigenvalue weighted by atomic mass is 10.2. The molecule has 118 valence electrons. The number of fused-ring (bicyclic) bond motifs is 1. The number of H-pyrrole nitrogens is 1. The highest BCUT2D eigenvalue weighted by Gasteiger charge is 2.09. The topological polar surface area (TPSA) is 75.6 Å². The number of nitrogens with zero attached hydrogens (tertiary/aromatic N) is 3. The van der Waals surface area contributed by atoms with E-state index in [0.717, 1.165) is 28.1 Å². The van der Waals surface area contributed by atoms with Gasteiger partial charge in [-0.3, -0.25) is 9.48 Å². The van der Waals surface area contributed by atoms with Crippen LogP contribution >= 0.6 is 0 Å². The van der Waals surface area contributed by atoms with Gasteiger partial charge >= 0.3 is 0 Å². The molecule has 0 radical (unpaired) electrons. The monoisotopic (exact) mass is 317 g/mol. The second-order valence-corrected chi connectivity index (χ2v) is 5.54. The summed E-state index contributed by atoms with van der Waals surface area (Å²) in [6, 6.07) is 15.5. The lowest BCUT2D eigenvalue weighted by molar-refractivity contribution is 0.102. The van der Waals surface area contributed by atoms with Gasteiger partial charge in [-0.2, -0.15) is 5.10 Å². The maximum Gasteiger partial charge on any atom is 0.258 e. The number of aromatic amines is 1. The summed E-state index contributed by atoms with van der Waals surface area (Å²) in [6.45, 7) is 0. The molecule has 0 aliphatic carbocycles. The largest absolute Gasteiger partial charge is 0.338 e. The molecule has 4 aromatic rings. The Morgan fingerprint density at radius 2 is 1.92 bits per heavy atom. The molecular formula is C18H15N5O. The first-order chi connectivity index (χ1) is 11.7. The van der Waals surface area contributed by atoms with Crippen molar-refractivity contribution in [2.75, 3.05) is 5.32 Å². The number of hydrogen-bond donors (Lipinski definition) is 2. The van der Waals surface area contributed by atoms with Crippen LogP contribution in [-0.4, -0.2) is 25.7 Å². The van der Waals surface area contributed by atoms with Crippen LogP contribution < -0.4 is 5.32 Å². The maximum atomic E-state index is 12.1. The summed E-state index contributed by atoms with van der Waals surface area (Å²) in [5.74, 6) is 0.626. The molecular weight excluding hydrogens is 302 g/mol. The minimum atomic E-state index is -0.181. The molecule has 2 aromatic heterocycles. The van der Waals surface area contributed by atoms with Crippen molar-refractivity contribution in [2.45, 2.75) is 0 Å². The van der Waals surface area contributed by atoms with E-state index in [9.17, 15) is 4.79 Å². The number of amides is 1. The zero-order chi connectivity index (χ0) is 16.5. The SMILES string of the molecule is Cn1cc(C(=O)Nc2ccc(-c3nc4ccccc4[nH]3)cc2)cn1. The fraction of sp³-hybridized carbons (Fsp3) is 0.0556. The van der Waals surface area contributed by atoms with Gasteiger partial charge in [0.05, 0.1) is 22.8 Å². The Morgan fingerprint density at radius 1 is 1.12 bits per heavy atom. The van der Waals surface area contributed by atoms with E-state index >= 15 is 0 Å². The van der Waals surface area contributed by atoms with Crippen molar-refractivity contribution in [3.05, 3.63) is 66.5 Å². The quantitative estimate of drug-likeness (QED) is 0.609. The van der Waals surface area contributed by atoms with E-state index in [1.165, 1.54) is 6.20 Å². The molecule has 2 N–H and O–H groups in total. The minimum absolute atomic E-state index is 0.181. The molecule has 0 saturated carbocycles. The van der Waals surface area contributed by atoms with Crippen LogP contribution in [0.2, 0.25) is 0 Å². The smallest absolute Gasteiger partial charge is 0.258 e. The number of imidazole rings is 1. The number of nitrogens with one attached hydrogen (secondary N) is 2. The van der Waals surface area contributed by atoms with Gasteiger partial charge in [0.25, 0.3) is 5.91 Å². The zero-order valence-electron chi connectivity index (χ0n) is 13.0. The number of rotatable bonds is 3. The van der Waals surface area contributed by atoms with E-state index in [2.05, 4.69) is 20.4 Å². The highest BCUT2D eigenvalue weighted by atomic mass is 16.1. The Bertz CT molecular complexity index is 980. The van der Waals surface area contributed by atoms with Crippen LogP contribution in [0.15, 0.2) is 60.9 Å². The first kappa shape index (κ1) is 14.2. The number of benzene rings is 2. The molecule has 2 heterocycles. The summed E-state index contributed by atoms with van der Waals surface area (Å²) in [4.78, 5) is 20.0. The van der Waals surface area contributed by atoms with Gasteiger partial charge < -0.3 is 10.3 Å². The maximum absolute atomic E-state index is 12.1. The summed E-state index contributed by atoms with van der Waals surface area (Å²) in [5.41, 5.74) is 4.15. The fourth-order valence-corrected chi connectivity index (χ4v) is 2.54. The molecule has 6 nitrogen and oxygen atoms in total. The Morgan fingerprint density at radius 3 is 2.62 bits per heavy atom. The number of anilines is 1. The third kappa shape index (κ3) is 2.65. The summed E-state index contributed by atoms with van der Waals surface area (Å²) < 4.78 is 1.60. The van der Waals surface area contributed by atoms with E-state index in [-0.39, 0.29) is 5.91 Å². The highest BCUT2D eigenvalue weighted by molar-refractivity contribution is 6.04. The number of aryl methyl sites for hydroxylation is 1. The van der Waals surface area contributed by atoms with Gasteiger partial charge in [-0.1, -0.05) is 12.1 Å². The number of carbonyl (C=O) groups excluding carboxylic acids is 1. The summed E-state index contributed by atoms with van der Waals surface area (Å²) >= 11 is 0. The van der Waals surface area contributed by atoms with Gasteiger partial charge in [0.1, 0.15) is 5.82 Å². The van der Waals surface area contributed by atoms with Crippen LogP contribution in [0.25, 0.3) is 22.4 Å². The molecule has 0 unspecified atom stereocenters. The van der Waals surface area contributed by atoms with Crippen molar-refractivity contribution >= 4 is 22.6 Å². The van der Waals surface area contributed by atoms with E-state index < -0.39 is 0 Å². The number of para-hydroxylation sites is 2. The van der Waals surface area contributed by atoms with Crippen molar-refractivity contribution < 1.29 is 4.79 Å². The molecule has 4 rings (SSSR count). The van der Waals surface area contributed by atoms with Crippen molar-refractivity contribution in [1.82, 2.24) is 19.7 Å². The second kappa shape index (κ2) is 5.66. The van der Waals surface area contributed by atoms with Crippen molar-refractivity contribution in [3.63, 3.8) is 0 Å². The van der Waals surface area contributed by atoms with Crippen LogP contribution in [0.3, 0.4) is 0 Å². The Hall–Kier alpha value is -3.41. The first-order valence-corrected chi connectivity index (χ1v) is 7.54. The van der Waals surface area contributed by atoms with E-state index in [0.29, 0.717) is 5.56 Å². The lowest BCUT2D eigenvalue weighted by Crippen LogP contribution is -2.10. The van der Waals surface area contributed by atoms with E-state index in [4.69, 9.17) is 0 Å². The average Bonchev–Trinajstić information content (AvgIpc) is 3.21. The average molecular weight is 317 g/mol. The van der Waals surface area contributed by atoms with E-state index in [1.807, 2.05) is 48.5 Å². The Balaban J connectivity index is 1.55. The third-order valence-electron chi connectivity index (χ3n) is 3.77. The summed E-state index contributed by atoms with van der Waals surface area (Å²) in [5, 5.41) is 6.85. The normalized spacial score (nSPS) is 10.9. The molecule has 0 bridgehead atoms. The van der Waals surface area contributed by atoms with Gasteiger partial charge in [-0.15, -0.1) is 0 Å². The molecule has 0 fully saturated rings. The number of carbonyl (C=O) groups is 1. The summed E-state index contributed by atoms with van der Waals surface area (Å²) in [6.07, 6.45) is 3.22. The van der Waals surface area contributed by atoms with Crippen molar-refractivity contribution in [2.24, 2.45) is 7.05 Å². The predicted octanol–water partition coefficient (Wildman–Crippen LogP) is 3.22. The fourth-order valence-electron chi connectivity index (χ4n) is 2.54. The second-order valence-electron chi connectivity index (χ2n) is 5.54. The molecule has 0 aliphatic heterocycles. The van der Waals surface area contributed by atoms with Crippen LogP contribution in [0.1, 0.15) is 10.4 Å².